The third-order valence-electron chi connectivity index (χ3n) is 9.55. The van der Waals surface area contributed by atoms with Crippen molar-refractivity contribution in [2.75, 3.05) is 51.5 Å². The standard InChI is InChI=1S/C29H45ClFN5O4Si/c1-27(2,3)41(6,7)40-28(4)16-36(14-15-38-17-28)24-20-22(21(31)23(30)34-25(20)37-5)33-26(35-24)39-18-29-11-8-10-19(29)32-13-9-12-29/h19,32H,8-18H2,1-7H3/t19-,28+,29-/m1/s1. The molecule has 0 aromatic carbocycles. The second kappa shape index (κ2) is 11.4. The van der Waals surface area contributed by atoms with Gasteiger partial charge in [-0.25, -0.2) is 4.39 Å². The van der Waals surface area contributed by atoms with Gasteiger partial charge in [-0.05, 0) is 57.3 Å². The summed E-state index contributed by atoms with van der Waals surface area (Å²) in [5, 5.41) is 3.75. The second-order valence-corrected chi connectivity index (χ2v) is 18.8. The van der Waals surface area contributed by atoms with E-state index in [4.69, 9.17) is 35.2 Å². The number of rotatable bonds is 7. The van der Waals surface area contributed by atoms with Crippen LogP contribution in [0.25, 0.3) is 10.9 Å². The number of hydrogen-bond acceptors (Lipinski definition) is 9. The molecule has 3 atom stereocenters. The van der Waals surface area contributed by atoms with Crippen LogP contribution < -0.4 is 19.7 Å². The van der Waals surface area contributed by atoms with Gasteiger partial charge in [0.05, 0.1) is 32.5 Å². The van der Waals surface area contributed by atoms with Crippen LogP contribution in [0.2, 0.25) is 23.3 Å². The molecule has 4 heterocycles. The van der Waals surface area contributed by atoms with Gasteiger partial charge < -0.3 is 28.9 Å². The average molecular weight is 610 g/mol. The van der Waals surface area contributed by atoms with Crippen molar-refractivity contribution in [1.29, 1.82) is 0 Å². The maximum absolute atomic E-state index is 15.6. The van der Waals surface area contributed by atoms with Crippen LogP contribution in [-0.2, 0) is 9.16 Å². The van der Waals surface area contributed by atoms with Gasteiger partial charge in [0.15, 0.2) is 19.3 Å². The van der Waals surface area contributed by atoms with Crippen LogP contribution in [0, 0.1) is 11.2 Å². The van der Waals surface area contributed by atoms with Crippen molar-refractivity contribution in [2.24, 2.45) is 5.41 Å². The van der Waals surface area contributed by atoms with Gasteiger partial charge in [0.25, 0.3) is 0 Å². The summed E-state index contributed by atoms with van der Waals surface area (Å²) in [6.07, 6.45) is 5.60. The Balaban J connectivity index is 1.55. The molecule has 12 heteroatoms. The third kappa shape index (κ3) is 6.02. The fraction of sp³-hybridized carbons (Fsp3) is 0.759. The van der Waals surface area contributed by atoms with Gasteiger partial charge in [0.2, 0.25) is 5.88 Å². The number of hydrogen-bond donors (Lipinski definition) is 1. The first-order valence-electron chi connectivity index (χ1n) is 14.8. The predicted molar refractivity (Wildman–Crippen MR) is 161 cm³/mol. The number of nitrogens with zero attached hydrogens (tertiary/aromatic N) is 4. The summed E-state index contributed by atoms with van der Waals surface area (Å²) >= 11 is 6.19. The van der Waals surface area contributed by atoms with Gasteiger partial charge in [0.1, 0.15) is 16.7 Å². The lowest BCUT2D eigenvalue weighted by molar-refractivity contribution is -0.00296. The zero-order valence-corrected chi connectivity index (χ0v) is 27.3. The molecule has 3 aliphatic rings. The summed E-state index contributed by atoms with van der Waals surface area (Å²) in [6.45, 7) is 16.6. The highest BCUT2D eigenvalue weighted by Gasteiger charge is 2.46. The molecular formula is C29H45ClFN5O4Si. The molecule has 2 aromatic rings. The zero-order valence-electron chi connectivity index (χ0n) is 25.5. The lowest BCUT2D eigenvalue weighted by atomic mass is 9.76. The Labute approximate surface area is 249 Å². The van der Waals surface area contributed by atoms with Crippen molar-refractivity contribution in [3.05, 3.63) is 11.0 Å². The highest BCUT2D eigenvalue weighted by molar-refractivity contribution is 6.74. The Kier molecular flexibility index (Phi) is 8.50. The highest BCUT2D eigenvalue weighted by atomic mass is 35.5. The highest BCUT2D eigenvalue weighted by Crippen LogP contribution is 2.45. The molecule has 0 bridgehead atoms. The van der Waals surface area contributed by atoms with E-state index in [0.717, 1.165) is 32.2 Å². The van der Waals surface area contributed by atoms with E-state index in [1.165, 1.54) is 13.5 Å². The molecule has 228 valence electrons. The summed E-state index contributed by atoms with van der Waals surface area (Å²) < 4.78 is 40.5. The van der Waals surface area contributed by atoms with Crippen LogP contribution in [0.15, 0.2) is 0 Å². The van der Waals surface area contributed by atoms with E-state index in [1.54, 1.807) is 0 Å². The molecule has 2 aliphatic heterocycles. The maximum Gasteiger partial charge on any atom is 0.319 e. The van der Waals surface area contributed by atoms with Gasteiger partial charge >= 0.3 is 6.01 Å². The lowest BCUT2D eigenvalue weighted by Gasteiger charge is -2.44. The lowest BCUT2D eigenvalue weighted by Crippen LogP contribution is -2.54. The molecule has 0 radical (unpaired) electrons. The summed E-state index contributed by atoms with van der Waals surface area (Å²) in [5.74, 6) is -0.0858. The summed E-state index contributed by atoms with van der Waals surface area (Å²) in [7, 11) is -0.664. The molecule has 0 spiro atoms. The summed E-state index contributed by atoms with van der Waals surface area (Å²) in [5.41, 5.74) is -0.552. The molecule has 2 saturated heterocycles. The topological polar surface area (TPSA) is 90.9 Å². The number of fused-ring (bicyclic) bond motifs is 2. The maximum atomic E-state index is 15.6. The number of nitrogens with one attached hydrogen (secondary N) is 1. The van der Waals surface area contributed by atoms with E-state index in [9.17, 15) is 0 Å². The smallest absolute Gasteiger partial charge is 0.319 e. The number of piperidine rings is 1. The van der Waals surface area contributed by atoms with E-state index in [-0.39, 0.29) is 33.0 Å². The molecule has 1 aliphatic carbocycles. The van der Waals surface area contributed by atoms with Crippen LogP contribution in [0.4, 0.5) is 10.2 Å². The quantitative estimate of drug-likeness (QED) is 0.311. The van der Waals surface area contributed by atoms with Gasteiger partial charge in [-0.2, -0.15) is 15.0 Å². The molecule has 0 unspecified atom stereocenters. The van der Waals surface area contributed by atoms with Gasteiger partial charge in [-0.1, -0.05) is 38.8 Å². The predicted octanol–water partition coefficient (Wildman–Crippen LogP) is 5.74. The van der Waals surface area contributed by atoms with Crippen LogP contribution in [0.1, 0.15) is 59.8 Å². The summed E-state index contributed by atoms with van der Waals surface area (Å²) in [6, 6.07) is 0.543. The molecule has 2 aromatic heterocycles. The van der Waals surface area contributed by atoms with Gasteiger partial charge in [-0.3, -0.25) is 0 Å². The first-order chi connectivity index (χ1) is 19.3. The molecule has 41 heavy (non-hydrogen) atoms. The zero-order chi connectivity index (χ0) is 29.6. The first kappa shape index (κ1) is 30.7. The Morgan fingerprint density at radius 1 is 1.20 bits per heavy atom. The van der Waals surface area contributed by atoms with Crippen molar-refractivity contribution in [3.63, 3.8) is 0 Å². The number of ether oxygens (including phenoxy) is 3. The van der Waals surface area contributed by atoms with Crippen LogP contribution in [0.5, 0.6) is 11.9 Å². The number of aromatic nitrogens is 3. The molecule has 5 rings (SSSR count). The number of methoxy groups -OCH3 is 1. The second-order valence-electron chi connectivity index (χ2n) is 13.7. The summed E-state index contributed by atoms with van der Waals surface area (Å²) in [4.78, 5) is 15.7. The molecule has 1 N–H and O–H groups in total. The van der Waals surface area contributed by atoms with E-state index in [2.05, 4.69) is 61.0 Å². The van der Waals surface area contributed by atoms with Crippen molar-refractivity contribution in [2.45, 2.75) is 89.6 Å². The molecule has 9 nitrogen and oxygen atoms in total. The number of halogens is 2. The van der Waals surface area contributed by atoms with E-state index >= 15 is 4.39 Å². The monoisotopic (exact) mass is 609 g/mol. The fourth-order valence-corrected chi connectivity index (χ4v) is 8.27. The minimum absolute atomic E-state index is 0.0221. The Hall–Kier alpha value is -1.79. The molecule has 1 saturated carbocycles. The van der Waals surface area contributed by atoms with Crippen LogP contribution >= 0.6 is 11.6 Å². The minimum atomic E-state index is -2.15. The third-order valence-corrected chi connectivity index (χ3v) is 14.4. The van der Waals surface area contributed by atoms with E-state index in [0.29, 0.717) is 50.2 Å². The Bertz CT molecular complexity index is 1280. The fourth-order valence-electron chi connectivity index (χ4n) is 6.45. The van der Waals surface area contributed by atoms with Gasteiger partial charge in [0, 0.05) is 24.5 Å². The van der Waals surface area contributed by atoms with E-state index in [1.807, 2.05) is 0 Å². The minimum Gasteiger partial charge on any atom is -0.480 e. The Morgan fingerprint density at radius 2 is 1.95 bits per heavy atom. The largest absolute Gasteiger partial charge is 0.480 e. The molecule has 3 fully saturated rings. The van der Waals surface area contributed by atoms with Crippen molar-refractivity contribution < 1.29 is 23.0 Å². The van der Waals surface area contributed by atoms with E-state index < -0.39 is 19.7 Å². The van der Waals surface area contributed by atoms with Crippen molar-refractivity contribution in [1.82, 2.24) is 20.3 Å². The number of anilines is 1. The molecule has 0 amide bonds. The normalized spacial score (nSPS) is 27.5. The SMILES string of the molecule is COc1nc(Cl)c(F)c2nc(OC[C@@]34CCCN[C@@H]3CCC4)nc(N3CCOC[C@@](C)(O[Si](C)(C)C(C)(C)C)C3)c12. The first-order valence-corrected chi connectivity index (χ1v) is 18.1. The average Bonchev–Trinajstić information content (AvgIpc) is 3.24. The Morgan fingerprint density at radius 3 is 2.68 bits per heavy atom. The molecular weight excluding hydrogens is 565 g/mol. The van der Waals surface area contributed by atoms with Crippen LogP contribution in [-0.4, -0.2) is 81.5 Å². The number of pyridine rings is 1. The van der Waals surface area contributed by atoms with Crippen molar-refractivity contribution in [3.8, 4) is 11.9 Å². The van der Waals surface area contributed by atoms with Gasteiger partial charge in [-0.15, -0.1) is 0 Å². The van der Waals surface area contributed by atoms with Crippen LogP contribution in [0.3, 0.4) is 0 Å². The van der Waals surface area contributed by atoms with Crippen molar-refractivity contribution >= 4 is 36.6 Å².